The summed E-state index contributed by atoms with van der Waals surface area (Å²) in [6.45, 7) is 1.44. The molecule has 0 aromatic heterocycles. The number of hydrogen-bond donors (Lipinski definition) is 9. The molecule has 4 rings (SSSR count). The molecular formula is C30H49N7O14. The van der Waals surface area contributed by atoms with E-state index in [1.807, 2.05) is 6.92 Å². The molecule has 2 saturated heterocycles. The topological polar surface area (TPSA) is 347 Å². The molecule has 14 unspecified atom stereocenters. The molecule has 1 aromatic carbocycles. The van der Waals surface area contributed by atoms with Gasteiger partial charge < -0.3 is 72.4 Å². The van der Waals surface area contributed by atoms with E-state index >= 15 is 0 Å². The van der Waals surface area contributed by atoms with E-state index in [0.717, 1.165) is 31.0 Å². The molecular weight excluding hydrogens is 682 g/mol. The highest BCUT2D eigenvalue weighted by Gasteiger charge is 2.50. The average Bonchev–Trinajstić information content (AvgIpc) is 3.08. The van der Waals surface area contributed by atoms with Crippen LogP contribution in [0.1, 0.15) is 45.4 Å². The van der Waals surface area contributed by atoms with Gasteiger partial charge in [0, 0.05) is 31.1 Å². The van der Waals surface area contributed by atoms with Crippen LogP contribution in [0.3, 0.4) is 0 Å². The number of nitro benzene ring substituents is 2. The fraction of sp³-hybridized carbons (Fsp3) is 0.767. The van der Waals surface area contributed by atoms with Crippen LogP contribution in [0, 0.1) is 20.2 Å². The van der Waals surface area contributed by atoms with Crippen LogP contribution in [-0.4, -0.2) is 135 Å². The number of ether oxygens (including phenoxy) is 5. The molecule has 21 nitrogen and oxygen atoms in total. The molecule has 1 aromatic rings. The monoisotopic (exact) mass is 731 g/mol. The zero-order chi connectivity index (χ0) is 37.6. The predicted molar refractivity (Wildman–Crippen MR) is 176 cm³/mol. The van der Waals surface area contributed by atoms with Crippen LogP contribution >= 0.6 is 0 Å². The number of esters is 1. The Morgan fingerprint density at radius 1 is 0.882 bits per heavy atom. The van der Waals surface area contributed by atoms with Gasteiger partial charge >= 0.3 is 5.97 Å². The van der Waals surface area contributed by atoms with Crippen molar-refractivity contribution >= 4 is 23.0 Å². The van der Waals surface area contributed by atoms with Gasteiger partial charge in [0.15, 0.2) is 12.6 Å². The summed E-state index contributed by atoms with van der Waals surface area (Å²) >= 11 is 0. The van der Waals surface area contributed by atoms with Gasteiger partial charge in [-0.1, -0.05) is 19.8 Å². The molecule has 3 fully saturated rings. The molecule has 13 N–H and O–H groups in total. The van der Waals surface area contributed by atoms with Gasteiger partial charge in [0.1, 0.15) is 55.0 Å². The maximum Gasteiger partial charge on any atom is 0.305 e. The first kappa shape index (κ1) is 40.6. The average molecular weight is 732 g/mol. The summed E-state index contributed by atoms with van der Waals surface area (Å²) in [5, 5.41) is 68.8. The van der Waals surface area contributed by atoms with E-state index in [9.17, 15) is 45.4 Å². The summed E-state index contributed by atoms with van der Waals surface area (Å²) in [7, 11) is 0. The first-order valence-electron chi connectivity index (χ1n) is 16.8. The molecule has 1 aliphatic carbocycles. The Labute approximate surface area is 292 Å². The zero-order valence-electron chi connectivity index (χ0n) is 28.0. The molecule has 2 aliphatic heterocycles. The quantitative estimate of drug-likeness (QED) is 0.0400. The molecule has 14 atom stereocenters. The number of unbranched alkanes of at least 4 members (excludes halogenated alkanes) is 2. The Kier molecular flexibility index (Phi) is 14.3. The predicted octanol–water partition coefficient (Wildman–Crippen LogP) is -2.19. The van der Waals surface area contributed by atoms with E-state index in [0.29, 0.717) is 6.42 Å². The normalized spacial score (nSPS) is 37.0. The smallest absolute Gasteiger partial charge is 0.305 e. The SMILES string of the molecule is CCCCCC(=O)OCC1OC(OC2C(N)CC(N)C(OC3OC(CNc4ccc([N+](=O)[O-])cc4[N+](=O)[O-])C(O)CC3N)C2O)C(O)C(N)C1O. The van der Waals surface area contributed by atoms with E-state index in [4.69, 9.17) is 46.6 Å². The van der Waals surface area contributed by atoms with Crippen molar-refractivity contribution in [3.05, 3.63) is 38.4 Å². The Morgan fingerprint density at radius 3 is 2.16 bits per heavy atom. The number of rotatable bonds is 15. The first-order chi connectivity index (χ1) is 24.1. The van der Waals surface area contributed by atoms with Gasteiger partial charge in [-0.2, -0.15) is 0 Å². The van der Waals surface area contributed by atoms with Gasteiger partial charge in [-0.05, 0) is 25.3 Å². The molecule has 3 aliphatic rings. The number of nitrogens with one attached hydrogen (secondary N) is 1. The molecule has 0 bridgehead atoms. The minimum Gasteiger partial charge on any atom is -0.463 e. The van der Waals surface area contributed by atoms with Crippen molar-refractivity contribution in [2.24, 2.45) is 22.9 Å². The summed E-state index contributed by atoms with van der Waals surface area (Å²) in [6, 6.07) is -0.879. The van der Waals surface area contributed by atoms with Crippen LogP contribution in [0.4, 0.5) is 17.1 Å². The second-order valence-electron chi connectivity index (χ2n) is 13.1. The Hall–Kier alpha value is -3.19. The maximum atomic E-state index is 12.1. The number of anilines is 1. The largest absolute Gasteiger partial charge is 0.463 e. The van der Waals surface area contributed by atoms with Crippen molar-refractivity contribution in [3.8, 4) is 0 Å². The molecule has 0 spiro atoms. The van der Waals surface area contributed by atoms with Crippen LogP contribution in [0.5, 0.6) is 0 Å². The Morgan fingerprint density at radius 2 is 1.53 bits per heavy atom. The number of nitrogens with two attached hydrogens (primary N) is 4. The van der Waals surface area contributed by atoms with Crippen molar-refractivity contribution in [1.82, 2.24) is 0 Å². The van der Waals surface area contributed by atoms with Crippen LogP contribution in [0.2, 0.25) is 0 Å². The summed E-state index contributed by atoms with van der Waals surface area (Å²) in [5.41, 5.74) is 23.8. The molecule has 51 heavy (non-hydrogen) atoms. The van der Waals surface area contributed by atoms with Crippen molar-refractivity contribution in [2.45, 2.75) is 131 Å². The van der Waals surface area contributed by atoms with E-state index in [1.54, 1.807) is 0 Å². The van der Waals surface area contributed by atoms with Gasteiger partial charge in [0.05, 0.1) is 34.1 Å². The number of nitrogens with zero attached hydrogens (tertiary/aromatic N) is 2. The Bertz CT molecular complexity index is 1350. The number of hydrogen-bond acceptors (Lipinski definition) is 19. The molecule has 0 radical (unpaired) electrons. The number of non-ortho nitro benzene ring substituents is 1. The third-order valence-corrected chi connectivity index (χ3v) is 9.28. The standard InChI is InChI=1S/C30H49N7O14/c1-2-3-4-5-22(39)47-12-21-24(40)23(34)25(41)30(49-21)51-28-15(32)9-14(31)27(26(28)42)50-29-16(33)10-19(38)20(48-29)11-35-17-7-6-13(36(43)44)8-18(17)37(45)46/h6-8,14-16,19-21,23-30,35,38,40-42H,2-5,9-12,31-34H2,1H3. The van der Waals surface area contributed by atoms with Gasteiger partial charge in [0.2, 0.25) is 0 Å². The maximum absolute atomic E-state index is 12.1. The summed E-state index contributed by atoms with van der Waals surface area (Å²) < 4.78 is 28.9. The minimum absolute atomic E-state index is 0.0379. The van der Waals surface area contributed by atoms with Crippen molar-refractivity contribution in [2.75, 3.05) is 18.5 Å². The number of carbonyl (C=O) groups excluding carboxylic acids is 1. The highest BCUT2D eigenvalue weighted by molar-refractivity contribution is 5.69. The zero-order valence-corrected chi connectivity index (χ0v) is 28.0. The highest BCUT2D eigenvalue weighted by Crippen LogP contribution is 2.33. The molecule has 2 heterocycles. The van der Waals surface area contributed by atoms with E-state index < -0.39 is 113 Å². The summed E-state index contributed by atoms with van der Waals surface area (Å²) in [6.07, 6.45) is -10.5. The van der Waals surface area contributed by atoms with Crippen LogP contribution in [0.25, 0.3) is 0 Å². The molecule has 1 saturated carbocycles. The number of nitro groups is 2. The fourth-order valence-electron chi connectivity index (χ4n) is 6.30. The number of carbonyl (C=O) groups is 1. The first-order valence-corrected chi connectivity index (χ1v) is 16.8. The molecule has 0 amide bonds. The fourth-order valence-corrected chi connectivity index (χ4v) is 6.30. The third-order valence-electron chi connectivity index (χ3n) is 9.28. The number of benzene rings is 1. The van der Waals surface area contributed by atoms with E-state index in [1.165, 1.54) is 0 Å². The lowest BCUT2D eigenvalue weighted by atomic mass is 9.84. The van der Waals surface area contributed by atoms with Gasteiger partial charge in [0.25, 0.3) is 11.4 Å². The van der Waals surface area contributed by atoms with Gasteiger partial charge in [-0.3, -0.25) is 25.0 Å². The lowest BCUT2D eigenvalue weighted by molar-refractivity contribution is -0.393. The van der Waals surface area contributed by atoms with E-state index in [2.05, 4.69) is 5.32 Å². The van der Waals surface area contributed by atoms with Crippen LogP contribution in [0.15, 0.2) is 18.2 Å². The molecule has 288 valence electrons. The second-order valence-corrected chi connectivity index (χ2v) is 13.1. The van der Waals surface area contributed by atoms with Gasteiger partial charge in [-0.15, -0.1) is 0 Å². The summed E-state index contributed by atoms with van der Waals surface area (Å²) in [4.78, 5) is 33.2. The van der Waals surface area contributed by atoms with Crippen LogP contribution in [-0.2, 0) is 28.5 Å². The van der Waals surface area contributed by atoms with Crippen molar-refractivity contribution in [3.63, 3.8) is 0 Å². The number of aliphatic hydroxyl groups is 4. The van der Waals surface area contributed by atoms with Gasteiger partial charge in [-0.25, -0.2) is 0 Å². The minimum atomic E-state index is -1.57. The second kappa shape index (κ2) is 18.0. The third kappa shape index (κ3) is 10.0. The lowest BCUT2D eigenvalue weighted by Gasteiger charge is -2.48. The lowest BCUT2D eigenvalue weighted by Crippen LogP contribution is -2.68. The summed E-state index contributed by atoms with van der Waals surface area (Å²) in [5.74, 6) is -0.489. The van der Waals surface area contributed by atoms with E-state index in [-0.39, 0.29) is 38.1 Å². The van der Waals surface area contributed by atoms with Crippen molar-refractivity contribution < 1.29 is 58.8 Å². The molecule has 21 heteroatoms. The highest BCUT2D eigenvalue weighted by atomic mass is 16.7. The van der Waals surface area contributed by atoms with Crippen molar-refractivity contribution in [1.29, 1.82) is 0 Å². The Balaban J connectivity index is 1.40. The van der Waals surface area contributed by atoms with Crippen LogP contribution < -0.4 is 28.3 Å². The number of aliphatic hydroxyl groups excluding tert-OH is 4.